The lowest BCUT2D eigenvalue weighted by Crippen LogP contribution is -3.00. The van der Waals surface area contributed by atoms with Crippen molar-refractivity contribution in [2.45, 2.75) is 4.90 Å². The first-order valence-corrected chi connectivity index (χ1v) is 6.51. The zero-order valence-electron chi connectivity index (χ0n) is 9.64. The number of nitrogens with zero attached hydrogens (tertiary/aromatic N) is 1. The van der Waals surface area contributed by atoms with E-state index in [1.54, 1.807) is 17.8 Å². The molecule has 92 valence electrons. The van der Waals surface area contributed by atoms with Gasteiger partial charge < -0.3 is 28.5 Å². The van der Waals surface area contributed by atoms with Gasteiger partial charge in [0, 0.05) is 15.7 Å². The van der Waals surface area contributed by atoms with Gasteiger partial charge in [-0.15, -0.1) is 11.8 Å². The van der Waals surface area contributed by atoms with Crippen molar-refractivity contribution in [3.63, 3.8) is 0 Å². The molecule has 0 saturated heterocycles. The van der Waals surface area contributed by atoms with Crippen molar-refractivity contribution in [1.82, 2.24) is 0 Å². The quantitative estimate of drug-likeness (QED) is 0.415. The molecular formula is C11H16Cl2INS. The Balaban J connectivity index is 0.00000225. The maximum Gasteiger partial charge on any atom is 0.0875 e. The van der Waals surface area contributed by atoms with E-state index in [4.69, 9.17) is 23.2 Å². The number of quaternary nitrogens is 1. The van der Waals surface area contributed by atoms with Gasteiger partial charge in [-0.1, -0.05) is 23.2 Å². The summed E-state index contributed by atoms with van der Waals surface area (Å²) in [7, 11) is 6.55. The Morgan fingerprint density at radius 1 is 1.19 bits per heavy atom. The molecule has 1 nitrogen and oxygen atoms in total. The van der Waals surface area contributed by atoms with E-state index >= 15 is 0 Å². The van der Waals surface area contributed by atoms with Gasteiger partial charge >= 0.3 is 0 Å². The summed E-state index contributed by atoms with van der Waals surface area (Å²) in [6.45, 7) is 1.11. The zero-order chi connectivity index (χ0) is 11.5. The Kier molecular flexibility index (Phi) is 7.70. The first-order chi connectivity index (χ1) is 6.88. The molecule has 1 aromatic rings. The normalized spacial score (nSPS) is 11.1. The van der Waals surface area contributed by atoms with Gasteiger partial charge in [-0.25, -0.2) is 0 Å². The van der Waals surface area contributed by atoms with E-state index in [2.05, 4.69) is 21.1 Å². The molecule has 0 unspecified atom stereocenters. The van der Waals surface area contributed by atoms with E-state index in [0.717, 1.165) is 26.7 Å². The van der Waals surface area contributed by atoms with Crippen LogP contribution < -0.4 is 24.0 Å². The molecule has 0 atom stereocenters. The summed E-state index contributed by atoms with van der Waals surface area (Å²) >= 11 is 13.7. The fourth-order valence-corrected chi connectivity index (χ4v) is 2.81. The molecule has 0 aliphatic carbocycles. The molecule has 5 heteroatoms. The molecule has 0 aromatic heterocycles. The zero-order valence-corrected chi connectivity index (χ0v) is 14.1. The summed E-state index contributed by atoms with van der Waals surface area (Å²) in [6, 6.07) is 5.64. The van der Waals surface area contributed by atoms with Gasteiger partial charge in [-0.3, -0.25) is 0 Å². The lowest BCUT2D eigenvalue weighted by molar-refractivity contribution is -0.867. The molecule has 16 heavy (non-hydrogen) atoms. The monoisotopic (exact) mass is 391 g/mol. The number of halogens is 3. The van der Waals surface area contributed by atoms with E-state index in [1.807, 2.05) is 12.1 Å². The SMILES string of the molecule is C[N+](C)(C)CCSc1ccc(Cl)cc1Cl.[I-]. The number of rotatable bonds is 4. The molecule has 0 radical (unpaired) electrons. The molecule has 0 N–H and O–H groups in total. The lowest BCUT2D eigenvalue weighted by Gasteiger charge is -2.23. The third kappa shape index (κ3) is 6.55. The molecule has 1 aromatic carbocycles. The molecule has 0 saturated carbocycles. The highest BCUT2D eigenvalue weighted by Crippen LogP contribution is 2.29. The molecule has 0 spiro atoms. The number of hydrogen-bond donors (Lipinski definition) is 0. The maximum atomic E-state index is 6.07. The Morgan fingerprint density at radius 3 is 2.31 bits per heavy atom. The van der Waals surface area contributed by atoms with Gasteiger partial charge in [-0.2, -0.15) is 0 Å². The molecular weight excluding hydrogens is 376 g/mol. The molecule has 0 aliphatic heterocycles. The Bertz CT molecular complexity index is 339. The lowest BCUT2D eigenvalue weighted by atomic mass is 10.4. The van der Waals surface area contributed by atoms with E-state index in [1.165, 1.54) is 0 Å². The van der Waals surface area contributed by atoms with Crippen LogP contribution >= 0.6 is 35.0 Å². The van der Waals surface area contributed by atoms with Crippen molar-refractivity contribution in [2.24, 2.45) is 0 Å². The number of benzene rings is 1. The predicted molar refractivity (Wildman–Crippen MR) is 70.1 cm³/mol. The smallest absolute Gasteiger partial charge is 0.0875 e. The summed E-state index contributed by atoms with van der Waals surface area (Å²) < 4.78 is 0.970. The molecule has 0 aliphatic rings. The van der Waals surface area contributed by atoms with Gasteiger partial charge in [0.2, 0.25) is 0 Å². The Hall–Kier alpha value is 0.840. The third-order valence-electron chi connectivity index (χ3n) is 1.91. The van der Waals surface area contributed by atoms with E-state index in [0.29, 0.717) is 5.02 Å². The first kappa shape index (κ1) is 16.8. The highest BCUT2D eigenvalue weighted by Gasteiger charge is 2.08. The summed E-state index contributed by atoms with van der Waals surface area (Å²) in [5.41, 5.74) is 0. The van der Waals surface area contributed by atoms with Crippen LogP contribution in [-0.4, -0.2) is 37.9 Å². The third-order valence-corrected chi connectivity index (χ3v) is 3.63. The highest BCUT2D eigenvalue weighted by molar-refractivity contribution is 7.99. The van der Waals surface area contributed by atoms with Gasteiger partial charge in [0.05, 0.1) is 32.7 Å². The first-order valence-electron chi connectivity index (χ1n) is 4.77. The van der Waals surface area contributed by atoms with Crippen LogP contribution in [0.4, 0.5) is 0 Å². The molecule has 1 rings (SSSR count). The van der Waals surface area contributed by atoms with Crippen molar-refractivity contribution < 1.29 is 28.5 Å². The van der Waals surface area contributed by atoms with E-state index in [9.17, 15) is 0 Å². The molecule has 0 heterocycles. The maximum absolute atomic E-state index is 6.07. The largest absolute Gasteiger partial charge is 1.00 e. The molecule has 0 amide bonds. The Labute approximate surface area is 129 Å². The second kappa shape index (κ2) is 7.31. The second-order valence-electron chi connectivity index (χ2n) is 4.44. The van der Waals surface area contributed by atoms with Gasteiger partial charge in [-0.05, 0) is 18.2 Å². The van der Waals surface area contributed by atoms with Crippen LogP contribution in [0.2, 0.25) is 10.0 Å². The minimum atomic E-state index is 0. The van der Waals surface area contributed by atoms with Crippen LogP contribution in [0.15, 0.2) is 23.1 Å². The minimum Gasteiger partial charge on any atom is -1.00 e. The predicted octanol–water partition coefficient (Wildman–Crippen LogP) is 0.796. The Morgan fingerprint density at radius 2 is 1.81 bits per heavy atom. The fraction of sp³-hybridized carbons (Fsp3) is 0.455. The fourth-order valence-electron chi connectivity index (χ4n) is 1.02. The average molecular weight is 392 g/mol. The van der Waals surface area contributed by atoms with Crippen molar-refractivity contribution in [1.29, 1.82) is 0 Å². The van der Waals surface area contributed by atoms with Crippen molar-refractivity contribution >= 4 is 35.0 Å². The molecule has 0 bridgehead atoms. The summed E-state index contributed by atoms with van der Waals surface area (Å²) in [4.78, 5) is 1.11. The second-order valence-corrected chi connectivity index (χ2v) is 6.42. The standard InChI is InChI=1S/C11H16Cl2NS.HI/c1-14(2,3)6-7-15-11-5-4-9(12)8-10(11)13;/h4-5,8H,6-7H2,1-3H3;1H/q+1;/p-1. The summed E-state index contributed by atoms with van der Waals surface area (Å²) in [6.07, 6.45) is 0. The van der Waals surface area contributed by atoms with Crippen LogP contribution in [-0.2, 0) is 0 Å². The molecule has 0 fully saturated rings. The number of thioether (sulfide) groups is 1. The average Bonchev–Trinajstić information content (AvgIpc) is 2.07. The van der Waals surface area contributed by atoms with Crippen LogP contribution in [0, 0.1) is 0 Å². The summed E-state index contributed by atoms with van der Waals surface area (Å²) in [5.74, 6) is 1.06. The van der Waals surface area contributed by atoms with Crippen molar-refractivity contribution in [3.8, 4) is 0 Å². The van der Waals surface area contributed by atoms with Crippen LogP contribution in [0.5, 0.6) is 0 Å². The number of hydrogen-bond acceptors (Lipinski definition) is 1. The van der Waals surface area contributed by atoms with Crippen LogP contribution in [0.1, 0.15) is 0 Å². The van der Waals surface area contributed by atoms with E-state index in [-0.39, 0.29) is 24.0 Å². The van der Waals surface area contributed by atoms with Gasteiger partial charge in [0.15, 0.2) is 0 Å². The van der Waals surface area contributed by atoms with Crippen molar-refractivity contribution in [2.75, 3.05) is 33.4 Å². The van der Waals surface area contributed by atoms with Crippen LogP contribution in [0.3, 0.4) is 0 Å². The van der Waals surface area contributed by atoms with E-state index < -0.39 is 0 Å². The van der Waals surface area contributed by atoms with Crippen LogP contribution in [0.25, 0.3) is 0 Å². The van der Waals surface area contributed by atoms with Crippen molar-refractivity contribution in [3.05, 3.63) is 28.2 Å². The minimum absolute atomic E-state index is 0. The topological polar surface area (TPSA) is 0 Å². The van der Waals surface area contributed by atoms with Gasteiger partial charge in [0.25, 0.3) is 0 Å². The highest BCUT2D eigenvalue weighted by atomic mass is 127. The summed E-state index contributed by atoms with van der Waals surface area (Å²) in [5, 5.41) is 1.44. The van der Waals surface area contributed by atoms with Gasteiger partial charge in [0.1, 0.15) is 0 Å².